The highest BCUT2D eigenvalue weighted by molar-refractivity contribution is 5.94. The molecule has 0 saturated heterocycles. The summed E-state index contributed by atoms with van der Waals surface area (Å²) in [6.45, 7) is 0.306. The van der Waals surface area contributed by atoms with Crippen molar-refractivity contribution in [2.24, 2.45) is 0 Å². The number of hydrogen-bond donors (Lipinski definition) is 1. The zero-order valence-corrected chi connectivity index (χ0v) is 16.7. The topological polar surface area (TPSA) is 56.8 Å². The fourth-order valence-electron chi connectivity index (χ4n) is 3.58. The van der Waals surface area contributed by atoms with E-state index in [1.165, 1.54) is 25.7 Å². The summed E-state index contributed by atoms with van der Waals surface area (Å²) in [7, 11) is 3.24. The highest BCUT2D eigenvalue weighted by Gasteiger charge is 2.17. The second kappa shape index (κ2) is 10.0. The lowest BCUT2D eigenvalue weighted by Gasteiger charge is -2.17. The van der Waals surface area contributed by atoms with Crippen molar-refractivity contribution >= 4 is 5.91 Å². The van der Waals surface area contributed by atoms with E-state index < -0.39 is 0 Å². The van der Waals surface area contributed by atoms with Crippen molar-refractivity contribution in [2.45, 2.75) is 51.2 Å². The maximum Gasteiger partial charge on any atom is 0.251 e. The summed E-state index contributed by atoms with van der Waals surface area (Å²) in [5.41, 5.74) is 1.47. The molecule has 0 heterocycles. The maximum absolute atomic E-state index is 12.7. The maximum atomic E-state index is 12.7. The van der Waals surface area contributed by atoms with Crippen molar-refractivity contribution in [1.82, 2.24) is 5.32 Å². The molecule has 1 amide bonds. The monoisotopic (exact) mass is 383 g/mol. The van der Waals surface area contributed by atoms with Crippen LogP contribution in [0, 0.1) is 0 Å². The third-order valence-corrected chi connectivity index (χ3v) is 5.17. The molecular formula is C23H29NO4. The largest absolute Gasteiger partial charge is 0.497 e. The van der Waals surface area contributed by atoms with Gasteiger partial charge in [0.15, 0.2) is 0 Å². The summed E-state index contributed by atoms with van der Waals surface area (Å²) in [6, 6.07) is 13.2. The average Bonchev–Trinajstić information content (AvgIpc) is 3.00. The Balaban J connectivity index is 1.69. The number of benzene rings is 2. The Morgan fingerprint density at radius 1 is 0.964 bits per heavy atom. The standard InChI is InChI=1S/C23H29NO4/c1-26-20-10-7-11-21(15-20)28-16-18-14-17(12-13-22(18)27-2)23(25)24-19-8-5-3-4-6-9-19/h7,10-15,19H,3-6,8-9,16H2,1-2H3,(H,24,25). The van der Waals surface area contributed by atoms with Crippen LogP contribution in [0.4, 0.5) is 0 Å². The van der Waals surface area contributed by atoms with Crippen LogP contribution in [0.3, 0.4) is 0 Å². The van der Waals surface area contributed by atoms with E-state index in [0.29, 0.717) is 23.7 Å². The Bertz CT molecular complexity index is 782. The molecule has 1 aliphatic carbocycles. The van der Waals surface area contributed by atoms with Crippen LogP contribution in [0.25, 0.3) is 0 Å². The SMILES string of the molecule is COc1cccc(OCc2cc(C(=O)NC3CCCCCC3)ccc2OC)c1. The first kappa shape index (κ1) is 20.1. The second-order valence-electron chi connectivity index (χ2n) is 7.16. The van der Waals surface area contributed by atoms with Crippen LogP contribution < -0.4 is 19.5 Å². The Hall–Kier alpha value is -2.69. The number of carbonyl (C=O) groups excluding carboxylic acids is 1. The molecule has 0 atom stereocenters. The van der Waals surface area contributed by atoms with Crippen LogP contribution in [0.1, 0.15) is 54.4 Å². The van der Waals surface area contributed by atoms with Gasteiger partial charge in [0.2, 0.25) is 0 Å². The van der Waals surface area contributed by atoms with Gasteiger partial charge < -0.3 is 19.5 Å². The molecule has 0 bridgehead atoms. The number of methoxy groups -OCH3 is 2. The van der Waals surface area contributed by atoms with Gasteiger partial charge in [-0.05, 0) is 43.2 Å². The molecule has 1 saturated carbocycles. The molecule has 2 aromatic carbocycles. The fraction of sp³-hybridized carbons (Fsp3) is 0.435. The molecule has 5 heteroatoms. The van der Waals surface area contributed by atoms with Gasteiger partial charge in [-0.1, -0.05) is 31.7 Å². The van der Waals surface area contributed by atoms with Crippen LogP contribution >= 0.6 is 0 Å². The van der Waals surface area contributed by atoms with Gasteiger partial charge in [0.1, 0.15) is 23.9 Å². The highest BCUT2D eigenvalue weighted by Crippen LogP contribution is 2.25. The highest BCUT2D eigenvalue weighted by atomic mass is 16.5. The van der Waals surface area contributed by atoms with Crippen molar-refractivity contribution < 1.29 is 19.0 Å². The molecule has 2 aromatic rings. The van der Waals surface area contributed by atoms with Crippen molar-refractivity contribution in [3.8, 4) is 17.2 Å². The number of hydrogen-bond acceptors (Lipinski definition) is 4. The van der Waals surface area contributed by atoms with Gasteiger partial charge in [-0.25, -0.2) is 0 Å². The Morgan fingerprint density at radius 3 is 2.43 bits per heavy atom. The van der Waals surface area contributed by atoms with Crippen molar-refractivity contribution in [2.75, 3.05) is 14.2 Å². The third kappa shape index (κ3) is 5.41. The van der Waals surface area contributed by atoms with Crippen LogP contribution in [-0.4, -0.2) is 26.2 Å². The summed E-state index contributed by atoms with van der Waals surface area (Å²) in [5, 5.41) is 3.19. The van der Waals surface area contributed by atoms with Gasteiger partial charge in [-0.2, -0.15) is 0 Å². The lowest BCUT2D eigenvalue weighted by Crippen LogP contribution is -2.34. The van der Waals surface area contributed by atoms with E-state index in [4.69, 9.17) is 14.2 Å². The molecule has 0 radical (unpaired) electrons. The minimum absolute atomic E-state index is 0.0304. The predicted octanol–water partition coefficient (Wildman–Crippen LogP) is 4.74. The Morgan fingerprint density at radius 2 is 1.71 bits per heavy atom. The molecule has 0 aromatic heterocycles. The smallest absolute Gasteiger partial charge is 0.251 e. The molecule has 5 nitrogen and oxygen atoms in total. The molecule has 28 heavy (non-hydrogen) atoms. The number of ether oxygens (including phenoxy) is 3. The number of carbonyl (C=O) groups is 1. The molecule has 1 N–H and O–H groups in total. The van der Waals surface area contributed by atoms with Gasteiger partial charge in [0, 0.05) is 23.2 Å². The van der Waals surface area contributed by atoms with E-state index >= 15 is 0 Å². The zero-order chi connectivity index (χ0) is 19.8. The molecular weight excluding hydrogens is 354 g/mol. The Kier molecular flexibility index (Phi) is 7.18. The van der Waals surface area contributed by atoms with Gasteiger partial charge in [0.05, 0.1) is 14.2 Å². The predicted molar refractivity (Wildman–Crippen MR) is 109 cm³/mol. The minimum atomic E-state index is -0.0304. The molecule has 150 valence electrons. The summed E-state index contributed by atoms with van der Waals surface area (Å²) < 4.78 is 16.6. The minimum Gasteiger partial charge on any atom is -0.497 e. The molecule has 0 spiro atoms. The van der Waals surface area contributed by atoms with Gasteiger partial charge in [-0.3, -0.25) is 4.79 Å². The lowest BCUT2D eigenvalue weighted by atomic mass is 10.1. The first-order valence-electron chi connectivity index (χ1n) is 9.94. The molecule has 1 aliphatic rings. The molecule has 3 rings (SSSR count). The fourth-order valence-corrected chi connectivity index (χ4v) is 3.58. The molecule has 0 aliphatic heterocycles. The van der Waals surface area contributed by atoms with Crippen molar-refractivity contribution in [3.05, 3.63) is 53.6 Å². The normalized spacial score (nSPS) is 14.8. The van der Waals surface area contributed by atoms with E-state index in [1.54, 1.807) is 20.3 Å². The molecule has 0 unspecified atom stereocenters. The summed E-state index contributed by atoms with van der Waals surface area (Å²) in [4.78, 5) is 12.7. The second-order valence-corrected chi connectivity index (χ2v) is 7.16. The first-order chi connectivity index (χ1) is 13.7. The van der Waals surface area contributed by atoms with Gasteiger partial charge in [-0.15, -0.1) is 0 Å². The number of nitrogens with one attached hydrogen (secondary N) is 1. The Labute approximate surface area is 167 Å². The van der Waals surface area contributed by atoms with E-state index in [-0.39, 0.29) is 11.9 Å². The third-order valence-electron chi connectivity index (χ3n) is 5.17. The molecule has 1 fully saturated rings. The zero-order valence-electron chi connectivity index (χ0n) is 16.7. The van der Waals surface area contributed by atoms with Crippen molar-refractivity contribution in [3.63, 3.8) is 0 Å². The number of amides is 1. The first-order valence-corrected chi connectivity index (χ1v) is 9.94. The van der Waals surface area contributed by atoms with Crippen LogP contribution in [0.5, 0.6) is 17.2 Å². The lowest BCUT2D eigenvalue weighted by molar-refractivity contribution is 0.0933. The van der Waals surface area contributed by atoms with Crippen molar-refractivity contribution in [1.29, 1.82) is 0 Å². The average molecular weight is 383 g/mol. The van der Waals surface area contributed by atoms with Gasteiger partial charge >= 0.3 is 0 Å². The van der Waals surface area contributed by atoms with Gasteiger partial charge in [0.25, 0.3) is 5.91 Å². The van der Waals surface area contributed by atoms with E-state index in [2.05, 4.69) is 5.32 Å². The van der Waals surface area contributed by atoms with Crippen LogP contribution in [0.2, 0.25) is 0 Å². The van der Waals surface area contributed by atoms with E-state index in [0.717, 1.165) is 24.2 Å². The summed E-state index contributed by atoms with van der Waals surface area (Å²) in [6.07, 6.45) is 7.03. The van der Waals surface area contributed by atoms with Crippen LogP contribution in [0.15, 0.2) is 42.5 Å². The summed E-state index contributed by atoms with van der Waals surface area (Å²) in [5.74, 6) is 2.11. The van der Waals surface area contributed by atoms with Crippen LogP contribution in [-0.2, 0) is 6.61 Å². The number of rotatable bonds is 7. The summed E-state index contributed by atoms with van der Waals surface area (Å²) >= 11 is 0. The van der Waals surface area contributed by atoms with E-state index in [9.17, 15) is 4.79 Å². The quantitative estimate of drug-likeness (QED) is 0.702. The van der Waals surface area contributed by atoms with E-state index in [1.807, 2.05) is 36.4 Å².